The molecule has 0 aliphatic heterocycles. The molecule has 2 N–H and O–H groups in total. The van der Waals surface area contributed by atoms with Crippen molar-refractivity contribution in [1.82, 2.24) is 0 Å². The van der Waals surface area contributed by atoms with Crippen LogP contribution in [0.5, 0.6) is 0 Å². The summed E-state index contributed by atoms with van der Waals surface area (Å²) in [5.74, 6) is -0.119. The number of benzene rings is 2. The molecule has 0 unspecified atom stereocenters. The number of aliphatic hydroxyl groups excluding tert-OH is 1. The molecule has 0 aromatic heterocycles. The standard InChI is InChI=1S/C14H14INO3S/c15-13-5-2-6-14(8-13)16-20(18,19)10-12-4-1-3-11(7-12)9-17/h1-8,16-17H,9-10H2. The van der Waals surface area contributed by atoms with E-state index >= 15 is 0 Å². The second kappa shape index (κ2) is 6.55. The summed E-state index contributed by atoms with van der Waals surface area (Å²) in [5, 5.41) is 9.06. The van der Waals surface area contributed by atoms with Gasteiger partial charge in [-0.2, -0.15) is 0 Å². The van der Waals surface area contributed by atoms with Gasteiger partial charge in [0.05, 0.1) is 12.4 Å². The van der Waals surface area contributed by atoms with Crippen LogP contribution in [0.1, 0.15) is 11.1 Å². The zero-order valence-corrected chi connectivity index (χ0v) is 13.6. The van der Waals surface area contributed by atoms with E-state index in [9.17, 15) is 8.42 Å². The van der Waals surface area contributed by atoms with Gasteiger partial charge < -0.3 is 5.11 Å². The highest BCUT2D eigenvalue weighted by atomic mass is 127. The van der Waals surface area contributed by atoms with Crippen molar-refractivity contribution in [3.05, 3.63) is 63.2 Å². The fraction of sp³-hybridized carbons (Fsp3) is 0.143. The number of aliphatic hydroxyl groups is 1. The van der Waals surface area contributed by atoms with Crippen molar-refractivity contribution >= 4 is 38.3 Å². The molecule has 0 bridgehead atoms. The van der Waals surface area contributed by atoms with Gasteiger partial charge in [0.2, 0.25) is 10.0 Å². The summed E-state index contributed by atoms with van der Waals surface area (Å²) >= 11 is 2.13. The summed E-state index contributed by atoms with van der Waals surface area (Å²) < 4.78 is 27.7. The molecule has 2 rings (SSSR count). The van der Waals surface area contributed by atoms with Crippen LogP contribution in [-0.4, -0.2) is 13.5 Å². The maximum atomic E-state index is 12.1. The molecule has 0 aliphatic carbocycles. The molecule has 2 aromatic rings. The lowest BCUT2D eigenvalue weighted by Gasteiger charge is -2.09. The van der Waals surface area contributed by atoms with Gasteiger partial charge in [-0.3, -0.25) is 4.72 Å². The number of nitrogens with one attached hydrogen (secondary N) is 1. The molecule has 0 heterocycles. The van der Waals surface area contributed by atoms with Crippen molar-refractivity contribution in [3.8, 4) is 0 Å². The Balaban J connectivity index is 2.14. The van der Waals surface area contributed by atoms with Crippen LogP contribution in [0.15, 0.2) is 48.5 Å². The van der Waals surface area contributed by atoms with Crippen LogP contribution in [0, 0.1) is 3.57 Å². The van der Waals surface area contributed by atoms with E-state index in [-0.39, 0.29) is 12.4 Å². The van der Waals surface area contributed by atoms with Crippen LogP contribution < -0.4 is 4.72 Å². The van der Waals surface area contributed by atoms with Crippen LogP contribution in [0.2, 0.25) is 0 Å². The third-order valence-electron chi connectivity index (χ3n) is 2.63. The third-order valence-corrected chi connectivity index (χ3v) is 4.56. The van der Waals surface area contributed by atoms with Gasteiger partial charge in [0.25, 0.3) is 0 Å². The summed E-state index contributed by atoms with van der Waals surface area (Å²) in [6.45, 7) is -0.0990. The van der Waals surface area contributed by atoms with Gasteiger partial charge >= 0.3 is 0 Å². The largest absolute Gasteiger partial charge is 0.392 e. The SMILES string of the molecule is O=S(=O)(Cc1cccc(CO)c1)Nc1cccc(I)c1. The van der Waals surface area contributed by atoms with E-state index in [0.717, 1.165) is 3.57 Å². The molecule has 0 aliphatic rings. The third kappa shape index (κ3) is 4.46. The Morgan fingerprint density at radius 2 is 1.75 bits per heavy atom. The van der Waals surface area contributed by atoms with Gasteiger partial charge in [-0.1, -0.05) is 30.3 Å². The van der Waals surface area contributed by atoms with Crippen LogP contribution >= 0.6 is 22.6 Å². The van der Waals surface area contributed by atoms with Gasteiger partial charge in [0.15, 0.2) is 0 Å². The highest BCUT2D eigenvalue weighted by molar-refractivity contribution is 14.1. The van der Waals surface area contributed by atoms with Crippen LogP contribution in [0.3, 0.4) is 0 Å². The lowest BCUT2D eigenvalue weighted by molar-refractivity contribution is 0.282. The second-order valence-electron chi connectivity index (χ2n) is 4.35. The number of halogens is 1. The van der Waals surface area contributed by atoms with Crippen molar-refractivity contribution in [1.29, 1.82) is 0 Å². The highest BCUT2D eigenvalue weighted by Crippen LogP contribution is 2.16. The Bertz CT molecular complexity index is 701. The lowest BCUT2D eigenvalue weighted by Crippen LogP contribution is -2.15. The molecule has 20 heavy (non-hydrogen) atoms. The van der Waals surface area contributed by atoms with Crippen molar-refractivity contribution in [2.24, 2.45) is 0 Å². The molecule has 106 valence electrons. The van der Waals surface area contributed by atoms with Gasteiger partial charge in [-0.05, 0) is 51.9 Å². The van der Waals surface area contributed by atoms with Crippen molar-refractivity contribution in [2.75, 3.05) is 4.72 Å². The number of hydrogen-bond acceptors (Lipinski definition) is 3. The normalized spacial score (nSPS) is 11.3. The first-order valence-electron chi connectivity index (χ1n) is 5.93. The topological polar surface area (TPSA) is 66.4 Å². The molecule has 0 saturated carbocycles. The predicted molar refractivity (Wildman–Crippen MR) is 87.8 cm³/mol. The summed E-state index contributed by atoms with van der Waals surface area (Å²) in [4.78, 5) is 0. The molecular weight excluding hydrogens is 389 g/mol. The quantitative estimate of drug-likeness (QED) is 0.755. The molecule has 4 nitrogen and oxygen atoms in total. The molecular formula is C14H14INO3S. The lowest BCUT2D eigenvalue weighted by atomic mass is 10.1. The maximum absolute atomic E-state index is 12.1. The Labute approximate surface area is 132 Å². The van der Waals surface area contributed by atoms with Crippen LogP contribution in [0.4, 0.5) is 5.69 Å². The van der Waals surface area contributed by atoms with E-state index in [2.05, 4.69) is 27.3 Å². The minimum Gasteiger partial charge on any atom is -0.392 e. The van der Waals surface area contributed by atoms with Crippen LogP contribution in [0.25, 0.3) is 0 Å². The van der Waals surface area contributed by atoms with E-state index in [1.54, 1.807) is 42.5 Å². The minimum absolute atomic E-state index is 0.0990. The summed E-state index contributed by atoms with van der Waals surface area (Å²) in [5.41, 5.74) is 1.90. The fourth-order valence-corrected chi connectivity index (χ4v) is 3.52. The Hall–Kier alpha value is -1.12. The molecule has 6 heteroatoms. The van der Waals surface area contributed by atoms with E-state index in [1.807, 2.05) is 6.07 Å². The first-order valence-corrected chi connectivity index (χ1v) is 8.66. The minimum atomic E-state index is -3.46. The van der Waals surface area contributed by atoms with Crippen LogP contribution in [-0.2, 0) is 22.4 Å². The summed E-state index contributed by atoms with van der Waals surface area (Å²) in [6.07, 6.45) is 0. The average molecular weight is 403 g/mol. The second-order valence-corrected chi connectivity index (χ2v) is 7.32. The smallest absolute Gasteiger partial charge is 0.236 e. The van der Waals surface area contributed by atoms with E-state index in [1.165, 1.54) is 0 Å². The average Bonchev–Trinajstić information content (AvgIpc) is 2.37. The van der Waals surface area contributed by atoms with Crippen molar-refractivity contribution in [2.45, 2.75) is 12.4 Å². The first kappa shape index (κ1) is 15.3. The number of hydrogen-bond donors (Lipinski definition) is 2. The number of sulfonamides is 1. The van der Waals surface area contributed by atoms with E-state index in [0.29, 0.717) is 16.8 Å². The molecule has 0 radical (unpaired) electrons. The molecule has 0 saturated heterocycles. The summed E-state index contributed by atoms with van der Waals surface area (Å²) in [6, 6.07) is 14.1. The number of anilines is 1. The zero-order chi connectivity index (χ0) is 14.6. The maximum Gasteiger partial charge on any atom is 0.236 e. The molecule has 0 atom stereocenters. The highest BCUT2D eigenvalue weighted by Gasteiger charge is 2.12. The Morgan fingerprint density at radius 3 is 2.45 bits per heavy atom. The number of rotatable bonds is 5. The molecule has 0 fully saturated rings. The van der Waals surface area contributed by atoms with Gasteiger partial charge in [-0.15, -0.1) is 0 Å². The van der Waals surface area contributed by atoms with Crippen molar-refractivity contribution < 1.29 is 13.5 Å². The monoisotopic (exact) mass is 403 g/mol. The van der Waals surface area contributed by atoms with Gasteiger partial charge in [0.1, 0.15) is 0 Å². The molecule has 0 spiro atoms. The Kier molecular flexibility index (Phi) is 5.00. The molecule has 2 aromatic carbocycles. The van der Waals surface area contributed by atoms with Gasteiger partial charge in [-0.25, -0.2) is 8.42 Å². The predicted octanol–water partition coefficient (Wildman–Crippen LogP) is 2.73. The van der Waals surface area contributed by atoms with Crippen molar-refractivity contribution in [3.63, 3.8) is 0 Å². The van der Waals surface area contributed by atoms with E-state index < -0.39 is 10.0 Å². The summed E-state index contributed by atoms with van der Waals surface area (Å²) in [7, 11) is -3.46. The molecule has 0 amide bonds. The zero-order valence-electron chi connectivity index (χ0n) is 10.6. The van der Waals surface area contributed by atoms with Gasteiger partial charge in [0, 0.05) is 9.26 Å². The Morgan fingerprint density at radius 1 is 1.05 bits per heavy atom. The first-order chi connectivity index (χ1) is 9.48. The van der Waals surface area contributed by atoms with E-state index in [4.69, 9.17) is 5.11 Å². The fourth-order valence-electron chi connectivity index (χ4n) is 1.80.